The molecule has 20 heavy (non-hydrogen) atoms. The summed E-state index contributed by atoms with van der Waals surface area (Å²) in [5.41, 5.74) is 6.16. The number of hydrogen-bond acceptors (Lipinski definition) is 3. The quantitative estimate of drug-likeness (QED) is 0.845. The lowest BCUT2D eigenvalue weighted by molar-refractivity contribution is 0.0740. The molecule has 0 spiro atoms. The molecule has 0 aromatic carbocycles. The van der Waals surface area contributed by atoms with E-state index in [9.17, 15) is 4.79 Å². The molecule has 3 rings (SSSR count). The van der Waals surface area contributed by atoms with Crippen LogP contribution in [0.1, 0.15) is 40.9 Å². The highest BCUT2D eigenvalue weighted by Gasteiger charge is 2.32. The summed E-state index contributed by atoms with van der Waals surface area (Å²) in [6, 6.07) is 1.91. The van der Waals surface area contributed by atoms with Crippen molar-refractivity contribution in [3.05, 3.63) is 21.9 Å². The summed E-state index contributed by atoms with van der Waals surface area (Å²) in [5.74, 6) is 7.50. The predicted molar refractivity (Wildman–Crippen MR) is 81.6 cm³/mol. The van der Waals surface area contributed by atoms with Crippen molar-refractivity contribution < 1.29 is 4.79 Å². The van der Waals surface area contributed by atoms with Crippen LogP contribution in [0.5, 0.6) is 0 Å². The third-order valence-electron chi connectivity index (χ3n) is 3.80. The van der Waals surface area contributed by atoms with Gasteiger partial charge >= 0.3 is 0 Å². The summed E-state index contributed by atoms with van der Waals surface area (Å²) < 4.78 is 0. The molecule has 0 radical (unpaired) electrons. The molecule has 4 heteroatoms. The van der Waals surface area contributed by atoms with Crippen molar-refractivity contribution in [3.8, 4) is 11.8 Å². The lowest BCUT2D eigenvalue weighted by atomic mass is 10.2. The Hall–Kier alpha value is -1.31. The molecule has 1 amide bonds. The first-order valence-electron chi connectivity index (χ1n) is 7.33. The fourth-order valence-corrected chi connectivity index (χ4v) is 3.05. The molecule has 2 N–H and O–H groups in total. The normalized spacial score (nSPS) is 17.4. The van der Waals surface area contributed by atoms with Crippen LogP contribution in [0.15, 0.2) is 11.4 Å². The largest absolute Gasteiger partial charge is 0.338 e. The van der Waals surface area contributed by atoms with Crippen LogP contribution in [0.4, 0.5) is 0 Å². The van der Waals surface area contributed by atoms with Gasteiger partial charge in [0.2, 0.25) is 0 Å². The first kappa shape index (κ1) is 13.7. The van der Waals surface area contributed by atoms with E-state index in [1.165, 1.54) is 37.0 Å². The third-order valence-corrected chi connectivity index (χ3v) is 4.64. The van der Waals surface area contributed by atoms with E-state index in [2.05, 4.69) is 16.7 Å². The highest BCUT2D eigenvalue weighted by Crippen LogP contribution is 2.34. The van der Waals surface area contributed by atoms with E-state index in [0.29, 0.717) is 6.54 Å². The topological polar surface area (TPSA) is 46.3 Å². The first-order chi connectivity index (χ1) is 9.76. The Morgan fingerprint density at radius 1 is 1.30 bits per heavy atom. The zero-order valence-corrected chi connectivity index (χ0v) is 12.4. The van der Waals surface area contributed by atoms with Crippen molar-refractivity contribution in [1.82, 2.24) is 4.90 Å². The maximum absolute atomic E-state index is 12.6. The molecule has 0 aliphatic heterocycles. The van der Waals surface area contributed by atoms with Crippen LogP contribution < -0.4 is 5.73 Å². The Morgan fingerprint density at radius 2 is 1.95 bits per heavy atom. The number of amides is 1. The van der Waals surface area contributed by atoms with Crippen LogP contribution in [0, 0.1) is 23.7 Å². The Kier molecular flexibility index (Phi) is 4.09. The van der Waals surface area contributed by atoms with E-state index >= 15 is 0 Å². The van der Waals surface area contributed by atoms with Crippen LogP contribution >= 0.6 is 11.3 Å². The van der Waals surface area contributed by atoms with Gasteiger partial charge in [-0.15, -0.1) is 11.3 Å². The van der Waals surface area contributed by atoms with E-state index < -0.39 is 0 Å². The SMILES string of the molecule is NCC#Cc1cc(C(=O)N(CC2CC2)CC2CC2)cs1. The molecule has 106 valence electrons. The van der Waals surface area contributed by atoms with Gasteiger partial charge in [-0.1, -0.05) is 11.8 Å². The number of nitrogens with two attached hydrogens (primary N) is 1. The van der Waals surface area contributed by atoms with Crippen LogP contribution in [0.25, 0.3) is 0 Å². The molecule has 2 fully saturated rings. The van der Waals surface area contributed by atoms with Crippen molar-refractivity contribution in [2.75, 3.05) is 19.6 Å². The molecule has 2 aliphatic rings. The van der Waals surface area contributed by atoms with Crippen molar-refractivity contribution >= 4 is 17.2 Å². The predicted octanol–water partition coefficient (Wildman–Crippen LogP) is 2.32. The van der Waals surface area contributed by atoms with Crippen LogP contribution in [-0.4, -0.2) is 30.4 Å². The second-order valence-electron chi connectivity index (χ2n) is 5.80. The number of hydrogen-bond donors (Lipinski definition) is 1. The number of carbonyl (C=O) groups excluding carboxylic acids is 1. The van der Waals surface area contributed by atoms with Gasteiger partial charge < -0.3 is 10.6 Å². The maximum atomic E-state index is 12.6. The Balaban J connectivity index is 1.68. The van der Waals surface area contributed by atoms with E-state index in [0.717, 1.165) is 35.4 Å². The second-order valence-corrected chi connectivity index (χ2v) is 6.71. The highest BCUT2D eigenvalue weighted by molar-refractivity contribution is 7.10. The Morgan fingerprint density at radius 3 is 2.50 bits per heavy atom. The number of rotatable bonds is 5. The lowest BCUT2D eigenvalue weighted by Crippen LogP contribution is -2.34. The average molecular weight is 288 g/mol. The standard InChI is InChI=1S/C16H20N2OS/c17-7-1-2-15-8-14(11-20-15)16(19)18(9-12-3-4-12)10-13-5-6-13/h8,11-13H,3-7,9-10,17H2. The summed E-state index contributed by atoms with van der Waals surface area (Å²) in [7, 11) is 0. The molecular formula is C16H20N2OS. The minimum Gasteiger partial charge on any atom is -0.338 e. The molecule has 0 atom stereocenters. The summed E-state index contributed by atoms with van der Waals surface area (Å²) in [5, 5.41) is 1.93. The fourth-order valence-electron chi connectivity index (χ4n) is 2.30. The summed E-state index contributed by atoms with van der Waals surface area (Å²) in [6.07, 6.45) is 5.13. The zero-order chi connectivity index (χ0) is 13.9. The molecular weight excluding hydrogens is 268 g/mol. The van der Waals surface area contributed by atoms with E-state index in [4.69, 9.17) is 5.73 Å². The van der Waals surface area contributed by atoms with Gasteiger partial charge in [0, 0.05) is 18.5 Å². The van der Waals surface area contributed by atoms with Gasteiger partial charge in [-0.25, -0.2) is 0 Å². The van der Waals surface area contributed by atoms with Gasteiger partial charge in [-0.05, 0) is 43.6 Å². The maximum Gasteiger partial charge on any atom is 0.254 e. The van der Waals surface area contributed by atoms with Gasteiger partial charge in [0.05, 0.1) is 17.0 Å². The van der Waals surface area contributed by atoms with Gasteiger partial charge in [0.15, 0.2) is 0 Å². The minimum atomic E-state index is 0.181. The van der Waals surface area contributed by atoms with Crippen LogP contribution in [0.2, 0.25) is 0 Å². The molecule has 0 unspecified atom stereocenters. The lowest BCUT2D eigenvalue weighted by Gasteiger charge is -2.22. The average Bonchev–Trinajstić information content (AvgIpc) is 3.37. The minimum absolute atomic E-state index is 0.181. The third kappa shape index (κ3) is 3.62. The summed E-state index contributed by atoms with van der Waals surface area (Å²) in [4.78, 5) is 15.6. The van der Waals surface area contributed by atoms with Gasteiger partial charge in [-0.3, -0.25) is 4.79 Å². The zero-order valence-electron chi connectivity index (χ0n) is 11.6. The van der Waals surface area contributed by atoms with E-state index in [-0.39, 0.29) is 5.91 Å². The van der Waals surface area contributed by atoms with Crippen LogP contribution in [0.3, 0.4) is 0 Å². The summed E-state index contributed by atoms with van der Waals surface area (Å²) in [6.45, 7) is 2.24. The van der Waals surface area contributed by atoms with Gasteiger partial charge in [0.25, 0.3) is 5.91 Å². The monoisotopic (exact) mass is 288 g/mol. The molecule has 1 aromatic heterocycles. The molecule has 1 heterocycles. The van der Waals surface area contributed by atoms with Crippen molar-refractivity contribution in [2.24, 2.45) is 17.6 Å². The fraction of sp³-hybridized carbons (Fsp3) is 0.562. The number of nitrogens with zero attached hydrogens (tertiary/aromatic N) is 1. The molecule has 1 aromatic rings. The van der Waals surface area contributed by atoms with E-state index in [1.807, 2.05) is 11.4 Å². The Bertz CT molecular complexity index is 532. The van der Waals surface area contributed by atoms with E-state index in [1.54, 1.807) is 0 Å². The first-order valence-corrected chi connectivity index (χ1v) is 8.21. The van der Waals surface area contributed by atoms with Crippen molar-refractivity contribution in [3.63, 3.8) is 0 Å². The smallest absolute Gasteiger partial charge is 0.254 e. The van der Waals surface area contributed by atoms with Crippen molar-refractivity contribution in [1.29, 1.82) is 0 Å². The van der Waals surface area contributed by atoms with Gasteiger partial charge in [-0.2, -0.15) is 0 Å². The molecule has 2 aliphatic carbocycles. The molecule has 0 bridgehead atoms. The Labute approximate surface area is 124 Å². The number of thiophene rings is 1. The van der Waals surface area contributed by atoms with Crippen LogP contribution in [-0.2, 0) is 0 Å². The second kappa shape index (κ2) is 5.99. The molecule has 2 saturated carbocycles. The van der Waals surface area contributed by atoms with Crippen molar-refractivity contribution in [2.45, 2.75) is 25.7 Å². The molecule has 3 nitrogen and oxygen atoms in total. The molecule has 0 saturated heterocycles. The number of carbonyl (C=O) groups is 1. The highest BCUT2D eigenvalue weighted by atomic mass is 32.1. The summed E-state index contributed by atoms with van der Waals surface area (Å²) >= 11 is 1.53. The van der Waals surface area contributed by atoms with Gasteiger partial charge in [0.1, 0.15) is 0 Å².